The monoisotopic (exact) mass is 139 g/mol. The second kappa shape index (κ2) is 3.06. The van der Waals surface area contributed by atoms with Gasteiger partial charge in [0.2, 0.25) is 0 Å². The van der Waals surface area contributed by atoms with Crippen LogP contribution in [-0.4, -0.2) is 18.5 Å². The summed E-state index contributed by atoms with van der Waals surface area (Å²) >= 11 is 0. The maximum Gasteiger partial charge on any atom is 0.167 e. The van der Waals surface area contributed by atoms with Crippen molar-refractivity contribution >= 4 is 12.0 Å². The number of carbonyl (C=O) groups excluding carboxylic acids is 1. The van der Waals surface area contributed by atoms with Crippen LogP contribution >= 0.6 is 0 Å². The van der Waals surface area contributed by atoms with Crippen LogP contribution in [0.25, 0.3) is 0 Å². The molecule has 0 aliphatic carbocycles. The van der Waals surface area contributed by atoms with Gasteiger partial charge in [0.25, 0.3) is 0 Å². The molecule has 52 valence electrons. The minimum atomic E-state index is -0.347. The second-order valence-electron chi connectivity index (χ2n) is 1.81. The van der Waals surface area contributed by atoms with Crippen molar-refractivity contribution in [2.24, 2.45) is 4.99 Å². The highest BCUT2D eigenvalue weighted by molar-refractivity contribution is 6.33. The molecule has 1 rings (SSSR count). The number of carbonyl (C=O) groups is 1. The number of allylic oxidation sites excluding steroid dienone is 3. The smallest absolute Gasteiger partial charge is 0.167 e. The van der Waals surface area contributed by atoms with Crippen molar-refractivity contribution in [2.75, 3.05) is 6.54 Å². The lowest BCUT2D eigenvalue weighted by atomic mass is 10.3. The van der Waals surface area contributed by atoms with E-state index in [0.717, 1.165) is 0 Å². The van der Waals surface area contributed by atoms with Gasteiger partial charge in [0.15, 0.2) is 6.29 Å². The van der Waals surface area contributed by atoms with Gasteiger partial charge in [-0.05, 0) is 18.2 Å². The fourth-order valence-corrected chi connectivity index (χ4v) is 0.601. The molecule has 1 heterocycles. The van der Waals surface area contributed by atoms with Crippen molar-refractivity contribution in [2.45, 2.75) is 0 Å². The van der Waals surface area contributed by atoms with Gasteiger partial charge in [-0.25, -0.2) is 4.39 Å². The quantitative estimate of drug-likeness (QED) is 0.499. The summed E-state index contributed by atoms with van der Waals surface area (Å²) in [5.41, 5.74) is 0.281. The maximum atomic E-state index is 12.3. The van der Waals surface area contributed by atoms with Crippen LogP contribution in [0.1, 0.15) is 0 Å². The van der Waals surface area contributed by atoms with E-state index in [1.165, 1.54) is 18.2 Å². The van der Waals surface area contributed by atoms with Crippen LogP contribution in [0.15, 0.2) is 29.0 Å². The molecule has 0 bridgehead atoms. The lowest BCUT2D eigenvalue weighted by molar-refractivity contribution is -0.102. The highest BCUT2D eigenvalue weighted by Gasteiger charge is 1.95. The van der Waals surface area contributed by atoms with Crippen molar-refractivity contribution < 1.29 is 9.18 Å². The van der Waals surface area contributed by atoms with E-state index < -0.39 is 0 Å². The molecule has 0 saturated carbocycles. The molecule has 0 unspecified atom stereocenters. The molecule has 0 aromatic heterocycles. The maximum absolute atomic E-state index is 12.3. The molecule has 0 saturated heterocycles. The summed E-state index contributed by atoms with van der Waals surface area (Å²) in [6, 6.07) is 0. The van der Waals surface area contributed by atoms with Gasteiger partial charge >= 0.3 is 0 Å². The molecule has 0 radical (unpaired) electrons. The summed E-state index contributed by atoms with van der Waals surface area (Å²) in [6.45, 7) is 0.243. The summed E-state index contributed by atoms with van der Waals surface area (Å²) in [4.78, 5) is 13.8. The predicted octanol–water partition coefficient (Wildman–Crippen LogP) is 1.05. The lowest BCUT2D eigenvalue weighted by Crippen LogP contribution is -1.93. The van der Waals surface area contributed by atoms with Gasteiger partial charge in [-0.15, -0.1) is 0 Å². The highest BCUT2D eigenvalue weighted by atomic mass is 19.1. The fraction of sp³-hybridized carbons (Fsp3) is 0.143. The zero-order valence-corrected chi connectivity index (χ0v) is 5.25. The summed E-state index contributed by atoms with van der Waals surface area (Å²) in [7, 11) is 0. The van der Waals surface area contributed by atoms with Crippen molar-refractivity contribution in [3.05, 3.63) is 24.1 Å². The van der Waals surface area contributed by atoms with E-state index in [4.69, 9.17) is 0 Å². The first-order valence-corrected chi connectivity index (χ1v) is 2.86. The molecular weight excluding hydrogens is 133 g/mol. The number of rotatable bonds is 1. The molecular formula is C7H6FNO. The van der Waals surface area contributed by atoms with Crippen LogP contribution in [0.3, 0.4) is 0 Å². The Balaban J connectivity index is 2.78. The molecule has 0 N–H and O–H groups in total. The van der Waals surface area contributed by atoms with Gasteiger partial charge in [0.05, 0.1) is 12.3 Å². The van der Waals surface area contributed by atoms with Crippen molar-refractivity contribution in [3.8, 4) is 0 Å². The molecule has 0 atom stereocenters. The Morgan fingerprint density at radius 1 is 1.60 bits per heavy atom. The number of halogens is 1. The first-order chi connectivity index (χ1) is 4.83. The first kappa shape index (κ1) is 6.86. The van der Waals surface area contributed by atoms with Gasteiger partial charge < -0.3 is 0 Å². The molecule has 0 fully saturated rings. The third kappa shape index (κ3) is 1.62. The number of hydrogen-bond acceptors (Lipinski definition) is 2. The van der Waals surface area contributed by atoms with Crippen LogP contribution < -0.4 is 0 Å². The zero-order chi connectivity index (χ0) is 7.40. The summed E-state index contributed by atoms with van der Waals surface area (Å²) in [5.74, 6) is -0.347. The Bertz CT molecular complexity index is 228. The van der Waals surface area contributed by atoms with E-state index in [1.54, 1.807) is 0 Å². The Hall–Kier alpha value is -1.25. The number of nitrogens with zero attached hydrogens (tertiary/aromatic N) is 1. The average molecular weight is 139 g/mol. The lowest BCUT2D eigenvalue weighted by Gasteiger charge is -1.81. The Morgan fingerprint density at radius 2 is 2.40 bits per heavy atom. The topological polar surface area (TPSA) is 29.4 Å². The Kier molecular flexibility index (Phi) is 2.10. The SMILES string of the molecule is O=CC1=NCC=C(F)C=C1. The zero-order valence-electron chi connectivity index (χ0n) is 5.25. The largest absolute Gasteiger partial charge is 0.296 e. The van der Waals surface area contributed by atoms with Crippen molar-refractivity contribution in [1.29, 1.82) is 0 Å². The van der Waals surface area contributed by atoms with E-state index in [-0.39, 0.29) is 18.1 Å². The highest BCUT2D eigenvalue weighted by Crippen LogP contribution is 2.01. The van der Waals surface area contributed by atoms with E-state index in [9.17, 15) is 9.18 Å². The van der Waals surface area contributed by atoms with Crippen LogP contribution in [0, 0.1) is 0 Å². The third-order valence-electron chi connectivity index (χ3n) is 1.09. The molecule has 3 heteroatoms. The van der Waals surface area contributed by atoms with Gasteiger partial charge in [0.1, 0.15) is 5.83 Å². The molecule has 10 heavy (non-hydrogen) atoms. The number of aldehydes is 1. The minimum Gasteiger partial charge on any atom is -0.296 e. The van der Waals surface area contributed by atoms with Gasteiger partial charge in [-0.3, -0.25) is 9.79 Å². The standard InChI is InChI=1S/C7H6FNO/c8-6-1-2-7(5-10)9-4-3-6/h1-3,5H,4H2. The molecule has 0 aromatic rings. The first-order valence-electron chi connectivity index (χ1n) is 2.86. The van der Waals surface area contributed by atoms with Gasteiger partial charge in [-0.1, -0.05) is 0 Å². The second-order valence-corrected chi connectivity index (χ2v) is 1.81. The van der Waals surface area contributed by atoms with Crippen LogP contribution in [0.5, 0.6) is 0 Å². The fourth-order valence-electron chi connectivity index (χ4n) is 0.601. The molecule has 0 amide bonds. The molecule has 1 aliphatic rings. The van der Waals surface area contributed by atoms with Crippen molar-refractivity contribution in [1.82, 2.24) is 0 Å². The normalized spacial score (nSPS) is 17.3. The van der Waals surface area contributed by atoms with Crippen LogP contribution in [0.2, 0.25) is 0 Å². The number of aliphatic imine (C=N–C) groups is 1. The summed E-state index contributed by atoms with van der Waals surface area (Å²) < 4.78 is 12.3. The van der Waals surface area contributed by atoms with E-state index >= 15 is 0 Å². The average Bonchev–Trinajstić information content (AvgIpc) is 2.14. The molecule has 0 aromatic carbocycles. The van der Waals surface area contributed by atoms with Gasteiger partial charge in [-0.2, -0.15) is 0 Å². The number of hydrogen-bond donors (Lipinski definition) is 0. The molecule has 2 nitrogen and oxygen atoms in total. The summed E-state index contributed by atoms with van der Waals surface area (Å²) in [6.07, 6.45) is 4.49. The van der Waals surface area contributed by atoms with E-state index in [1.807, 2.05) is 0 Å². The predicted molar refractivity (Wildman–Crippen MR) is 36.7 cm³/mol. The molecule has 0 spiro atoms. The van der Waals surface area contributed by atoms with Crippen LogP contribution in [-0.2, 0) is 4.79 Å². The third-order valence-corrected chi connectivity index (χ3v) is 1.09. The molecule has 1 aliphatic heterocycles. The van der Waals surface area contributed by atoms with E-state index in [2.05, 4.69) is 4.99 Å². The summed E-state index contributed by atoms with van der Waals surface area (Å²) in [5, 5.41) is 0. The van der Waals surface area contributed by atoms with Gasteiger partial charge in [0, 0.05) is 0 Å². The minimum absolute atomic E-state index is 0.243. The van der Waals surface area contributed by atoms with E-state index in [0.29, 0.717) is 6.29 Å². The Morgan fingerprint density at radius 3 is 3.10 bits per heavy atom. The van der Waals surface area contributed by atoms with Crippen LogP contribution in [0.4, 0.5) is 4.39 Å². The Labute approximate surface area is 57.8 Å². The van der Waals surface area contributed by atoms with Crippen molar-refractivity contribution in [3.63, 3.8) is 0 Å².